The molecule has 24 heavy (non-hydrogen) atoms. The third-order valence-electron chi connectivity index (χ3n) is 3.24. The fraction of sp³-hybridized carbons (Fsp3) is 0.375. The highest BCUT2D eigenvalue weighted by Crippen LogP contribution is 2.19. The summed E-state index contributed by atoms with van der Waals surface area (Å²) >= 11 is 0. The molecular formula is C16H22ClFN4O2. The smallest absolute Gasteiger partial charge is 0.238 e. The second kappa shape index (κ2) is 9.36. The van der Waals surface area contributed by atoms with E-state index in [9.17, 15) is 9.18 Å². The number of methoxy groups -OCH3 is 1. The second-order valence-corrected chi connectivity index (χ2v) is 5.22. The van der Waals surface area contributed by atoms with Crippen molar-refractivity contribution >= 4 is 24.0 Å². The van der Waals surface area contributed by atoms with Gasteiger partial charge in [0.25, 0.3) is 0 Å². The lowest BCUT2D eigenvalue weighted by Crippen LogP contribution is -2.30. The number of rotatable bonds is 7. The Balaban J connectivity index is 0.00000288. The highest BCUT2D eigenvalue weighted by Gasteiger charge is 2.11. The maximum atomic E-state index is 14.3. The lowest BCUT2D eigenvalue weighted by atomic mass is 10.2. The Morgan fingerprint density at radius 3 is 2.67 bits per heavy atom. The summed E-state index contributed by atoms with van der Waals surface area (Å²) in [4.78, 5) is 11.7. The monoisotopic (exact) mass is 356 g/mol. The van der Waals surface area contributed by atoms with Crippen molar-refractivity contribution < 1.29 is 13.9 Å². The number of anilines is 1. The van der Waals surface area contributed by atoms with Crippen molar-refractivity contribution in [3.63, 3.8) is 0 Å². The van der Waals surface area contributed by atoms with Crippen LogP contribution in [0.15, 0.2) is 24.3 Å². The number of nitrogens with zero attached hydrogens (tertiary/aromatic N) is 2. The van der Waals surface area contributed by atoms with E-state index >= 15 is 0 Å². The average Bonchev–Trinajstić information content (AvgIpc) is 2.82. The summed E-state index contributed by atoms with van der Waals surface area (Å²) in [5, 5.41) is 9.83. The van der Waals surface area contributed by atoms with Gasteiger partial charge in [0.1, 0.15) is 5.69 Å². The molecule has 0 aliphatic heterocycles. The molecule has 1 heterocycles. The molecule has 1 amide bonds. The molecule has 0 saturated heterocycles. The van der Waals surface area contributed by atoms with Crippen LogP contribution in [0.3, 0.4) is 0 Å². The van der Waals surface area contributed by atoms with E-state index in [4.69, 9.17) is 4.74 Å². The number of hydrogen-bond donors (Lipinski definition) is 2. The summed E-state index contributed by atoms with van der Waals surface area (Å²) in [6.45, 7) is 4.96. The predicted molar refractivity (Wildman–Crippen MR) is 93.6 cm³/mol. The van der Waals surface area contributed by atoms with Crippen LogP contribution in [0.25, 0.3) is 5.69 Å². The molecule has 0 saturated carbocycles. The first-order valence-corrected chi connectivity index (χ1v) is 7.34. The standard InChI is InChI=1S/C16H21FN4O2.ClH/c1-11-8-12(2)21(20-11)15-5-4-13(9-14(15)17)19-16(22)10-18-6-7-23-3;/h4-5,8-9,18H,6-7,10H2,1-3H3,(H,19,22);1H. The van der Waals surface area contributed by atoms with Crippen molar-refractivity contribution in [1.29, 1.82) is 0 Å². The minimum atomic E-state index is -0.443. The minimum Gasteiger partial charge on any atom is -0.383 e. The molecule has 2 rings (SSSR count). The summed E-state index contributed by atoms with van der Waals surface area (Å²) in [7, 11) is 1.59. The molecule has 2 N–H and O–H groups in total. The Kier molecular flexibility index (Phi) is 7.84. The van der Waals surface area contributed by atoms with E-state index in [1.165, 1.54) is 6.07 Å². The van der Waals surface area contributed by atoms with Gasteiger partial charge in [-0.1, -0.05) is 0 Å². The van der Waals surface area contributed by atoms with Crippen LogP contribution < -0.4 is 10.6 Å². The van der Waals surface area contributed by atoms with Crippen molar-refractivity contribution in [1.82, 2.24) is 15.1 Å². The molecule has 0 fully saturated rings. The van der Waals surface area contributed by atoms with E-state index in [0.717, 1.165) is 11.4 Å². The molecule has 1 aromatic heterocycles. The summed E-state index contributed by atoms with van der Waals surface area (Å²) < 4.78 is 20.7. The fourth-order valence-corrected chi connectivity index (χ4v) is 2.21. The first-order valence-electron chi connectivity index (χ1n) is 7.34. The molecular weight excluding hydrogens is 335 g/mol. The van der Waals surface area contributed by atoms with E-state index < -0.39 is 5.82 Å². The van der Waals surface area contributed by atoms with Crippen molar-refractivity contribution in [2.45, 2.75) is 13.8 Å². The molecule has 2 aromatic rings. The molecule has 0 atom stereocenters. The zero-order valence-electron chi connectivity index (χ0n) is 13.9. The van der Waals surface area contributed by atoms with Gasteiger partial charge >= 0.3 is 0 Å². The van der Waals surface area contributed by atoms with Crippen molar-refractivity contribution in [2.75, 3.05) is 32.1 Å². The molecule has 1 aromatic carbocycles. The van der Waals surface area contributed by atoms with E-state index in [2.05, 4.69) is 15.7 Å². The number of halogens is 2. The van der Waals surface area contributed by atoms with Crippen LogP contribution in [0.1, 0.15) is 11.4 Å². The molecule has 0 radical (unpaired) electrons. The Labute approximate surface area is 146 Å². The van der Waals surface area contributed by atoms with Gasteiger partial charge in [-0.25, -0.2) is 9.07 Å². The van der Waals surface area contributed by atoms with Crippen LogP contribution in [-0.4, -0.2) is 42.5 Å². The quantitative estimate of drug-likeness (QED) is 0.746. The average molecular weight is 357 g/mol. The summed E-state index contributed by atoms with van der Waals surface area (Å²) in [5.74, 6) is -0.680. The van der Waals surface area contributed by atoms with Crippen LogP contribution in [0.4, 0.5) is 10.1 Å². The number of hydrogen-bond acceptors (Lipinski definition) is 4. The fourth-order valence-electron chi connectivity index (χ4n) is 2.21. The predicted octanol–water partition coefficient (Wildman–Crippen LogP) is 2.22. The number of nitrogens with one attached hydrogen (secondary N) is 2. The van der Waals surface area contributed by atoms with Crippen LogP contribution in [0.2, 0.25) is 0 Å². The van der Waals surface area contributed by atoms with Crippen molar-refractivity contribution in [3.05, 3.63) is 41.5 Å². The second-order valence-electron chi connectivity index (χ2n) is 5.22. The van der Waals surface area contributed by atoms with Gasteiger partial charge in [-0.3, -0.25) is 4.79 Å². The zero-order valence-corrected chi connectivity index (χ0v) is 14.7. The van der Waals surface area contributed by atoms with Crippen molar-refractivity contribution in [2.24, 2.45) is 0 Å². The molecule has 0 aliphatic carbocycles. The van der Waals surface area contributed by atoms with Gasteiger partial charge in [-0.2, -0.15) is 5.10 Å². The third-order valence-corrected chi connectivity index (χ3v) is 3.24. The minimum absolute atomic E-state index is 0. The Bertz CT molecular complexity index is 691. The number of benzene rings is 1. The number of aromatic nitrogens is 2. The number of carbonyl (C=O) groups excluding carboxylic acids is 1. The topological polar surface area (TPSA) is 68.2 Å². The summed E-state index contributed by atoms with van der Waals surface area (Å²) in [6, 6.07) is 6.42. The van der Waals surface area contributed by atoms with E-state index in [1.807, 2.05) is 19.9 Å². The van der Waals surface area contributed by atoms with Crippen molar-refractivity contribution in [3.8, 4) is 5.69 Å². The largest absolute Gasteiger partial charge is 0.383 e. The number of amides is 1. The van der Waals surface area contributed by atoms with Crippen LogP contribution in [0.5, 0.6) is 0 Å². The molecule has 6 nitrogen and oxygen atoms in total. The van der Waals surface area contributed by atoms with Crippen LogP contribution in [0, 0.1) is 19.7 Å². The van der Waals surface area contributed by atoms with E-state index in [-0.39, 0.29) is 24.9 Å². The van der Waals surface area contributed by atoms with Gasteiger partial charge in [0, 0.05) is 25.0 Å². The molecule has 0 bridgehead atoms. The molecule has 0 aliphatic rings. The molecule has 132 valence electrons. The number of ether oxygens (including phenoxy) is 1. The Hall–Kier alpha value is -1.96. The first kappa shape index (κ1) is 20.1. The first-order chi connectivity index (χ1) is 11.0. The lowest BCUT2D eigenvalue weighted by molar-refractivity contribution is -0.115. The summed E-state index contributed by atoms with van der Waals surface area (Å²) in [5.41, 5.74) is 2.43. The Morgan fingerprint density at radius 2 is 2.08 bits per heavy atom. The van der Waals surface area contributed by atoms with E-state index in [0.29, 0.717) is 24.5 Å². The lowest BCUT2D eigenvalue weighted by Gasteiger charge is -2.10. The van der Waals surface area contributed by atoms with E-state index in [1.54, 1.807) is 23.9 Å². The highest BCUT2D eigenvalue weighted by molar-refractivity contribution is 5.92. The van der Waals surface area contributed by atoms with Gasteiger partial charge in [-0.15, -0.1) is 12.4 Å². The molecule has 0 spiro atoms. The molecule has 0 unspecified atom stereocenters. The SMILES string of the molecule is COCCNCC(=O)Nc1ccc(-n2nc(C)cc2C)c(F)c1.Cl. The number of carbonyl (C=O) groups is 1. The van der Waals surface area contributed by atoms with Gasteiger partial charge in [0.05, 0.1) is 18.8 Å². The number of aryl methyl sites for hydroxylation is 2. The Morgan fingerprint density at radius 1 is 1.33 bits per heavy atom. The van der Waals surface area contributed by atoms with Gasteiger partial charge in [0.2, 0.25) is 5.91 Å². The summed E-state index contributed by atoms with van der Waals surface area (Å²) in [6.07, 6.45) is 0. The normalized spacial score (nSPS) is 10.3. The molecule has 8 heteroatoms. The maximum Gasteiger partial charge on any atom is 0.238 e. The highest BCUT2D eigenvalue weighted by atomic mass is 35.5. The third kappa shape index (κ3) is 5.30. The van der Waals surface area contributed by atoms with Crippen LogP contribution >= 0.6 is 12.4 Å². The van der Waals surface area contributed by atoms with Crippen LogP contribution in [-0.2, 0) is 9.53 Å². The van der Waals surface area contributed by atoms with Gasteiger partial charge in [0.15, 0.2) is 5.82 Å². The maximum absolute atomic E-state index is 14.3. The van der Waals surface area contributed by atoms with Gasteiger partial charge < -0.3 is 15.4 Å². The van der Waals surface area contributed by atoms with Gasteiger partial charge in [-0.05, 0) is 38.1 Å². The zero-order chi connectivity index (χ0) is 16.8.